The molecule has 2 atom stereocenters. The van der Waals surface area contributed by atoms with E-state index in [-0.39, 0.29) is 11.9 Å². The maximum absolute atomic E-state index is 12.1. The molecule has 2 aliphatic rings. The topological polar surface area (TPSA) is 75.9 Å². The summed E-state index contributed by atoms with van der Waals surface area (Å²) in [7, 11) is 1.88. The van der Waals surface area contributed by atoms with Crippen LogP contribution in [-0.2, 0) is 11.8 Å². The first-order valence-electron chi connectivity index (χ1n) is 7.86. The Morgan fingerprint density at radius 3 is 2.95 bits per heavy atom. The number of hydrogen-bond donors (Lipinski definition) is 1. The minimum atomic E-state index is 0.0801. The fourth-order valence-electron chi connectivity index (χ4n) is 3.74. The van der Waals surface area contributed by atoms with E-state index < -0.39 is 0 Å². The smallest absolute Gasteiger partial charge is 0.239 e. The molecule has 1 amide bonds. The van der Waals surface area contributed by atoms with Crippen molar-refractivity contribution in [1.82, 2.24) is 25.1 Å². The first-order chi connectivity index (χ1) is 10.6. The molecule has 2 aromatic heterocycles. The quantitative estimate of drug-likeness (QED) is 0.847. The van der Waals surface area contributed by atoms with Gasteiger partial charge < -0.3 is 10.2 Å². The van der Waals surface area contributed by atoms with Gasteiger partial charge in [0.15, 0.2) is 5.65 Å². The van der Waals surface area contributed by atoms with Gasteiger partial charge in [0, 0.05) is 13.1 Å². The number of anilines is 1. The van der Waals surface area contributed by atoms with Crippen molar-refractivity contribution in [2.24, 2.45) is 7.05 Å². The van der Waals surface area contributed by atoms with E-state index >= 15 is 0 Å². The normalized spacial score (nSPS) is 25.2. The van der Waals surface area contributed by atoms with E-state index in [1.54, 1.807) is 10.9 Å². The third-order valence-corrected chi connectivity index (χ3v) is 4.75. The Bertz CT molecular complexity index is 739. The summed E-state index contributed by atoms with van der Waals surface area (Å²) < 4.78 is 1.76. The van der Waals surface area contributed by atoms with Gasteiger partial charge in [-0.1, -0.05) is 12.8 Å². The summed E-state index contributed by atoms with van der Waals surface area (Å²) in [5.74, 6) is 1.64. The van der Waals surface area contributed by atoms with Crippen molar-refractivity contribution in [2.75, 3.05) is 11.4 Å². The first-order valence-corrected chi connectivity index (χ1v) is 7.86. The maximum Gasteiger partial charge on any atom is 0.239 e. The molecule has 0 bridgehead atoms. The Labute approximate surface area is 128 Å². The molecule has 2 fully saturated rings. The predicted octanol–water partition coefficient (Wildman–Crippen LogP) is 0.919. The SMILES string of the molecule is Cc1nc(N2CC(=O)NC3CCCCC32)c2cnn(C)c2n1. The molecule has 7 nitrogen and oxygen atoms in total. The number of aromatic nitrogens is 4. The second-order valence-electron chi connectivity index (χ2n) is 6.25. The molecule has 1 saturated heterocycles. The van der Waals surface area contributed by atoms with Crippen LogP contribution in [0.4, 0.5) is 5.82 Å². The van der Waals surface area contributed by atoms with Crippen molar-refractivity contribution in [2.45, 2.75) is 44.7 Å². The highest BCUT2D eigenvalue weighted by Crippen LogP contribution is 2.32. The second kappa shape index (κ2) is 4.93. The highest BCUT2D eigenvalue weighted by Gasteiger charge is 2.38. The molecule has 2 unspecified atom stereocenters. The molecular weight excluding hydrogens is 280 g/mol. The van der Waals surface area contributed by atoms with E-state index in [4.69, 9.17) is 0 Å². The van der Waals surface area contributed by atoms with Gasteiger partial charge in [0.25, 0.3) is 0 Å². The molecule has 0 radical (unpaired) electrons. The van der Waals surface area contributed by atoms with Crippen LogP contribution in [0.15, 0.2) is 6.20 Å². The van der Waals surface area contributed by atoms with E-state index in [9.17, 15) is 4.79 Å². The second-order valence-corrected chi connectivity index (χ2v) is 6.25. The fourth-order valence-corrected chi connectivity index (χ4v) is 3.74. The van der Waals surface area contributed by atoms with Gasteiger partial charge in [-0.2, -0.15) is 5.10 Å². The molecule has 1 N–H and O–H groups in total. The summed E-state index contributed by atoms with van der Waals surface area (Å²) in [6.45, 7) is 2.25. The standard InChI is InChI=1S/C15H20N6O/c1-9-17-14-10(7-16-20(14)2)15(18-9)21-8-13(22)19-11-5-3-4-6-12(11)21/h7,11-12H,3-6,8H2,1-2H3,(H,19,22). The van der Waals surface area contributed by atoms with Gasteiger partial charge in [-0.15, -0.1) is 0 Å². The average Bonchev–Trinajstić information content (AvgIpc) is 2.87. The molecular formula is C15H20N6O. The molecule has 0 spiro atoms. The van der Waals surface area contributed by atoms with Crippen LogP contribution >= 0.6 is 0 Å². The zero-order valence-corrected chi connectivity index (χ0v) is 12.9. The summed E-state index contributed by atoms with van der Waals surface area (Å²) in [5.41, 5.74) is 0.820. The lowest BCUT2D eigenvalue weighted by Crippen LogP contribution is -2.62. The van der Waals surface area contributed by atoms with Crippen LogP contribution in [0.1, 0.15) is 31.5 Å². The lowest BCUT2D eigenvalue weighted by molar-refractivity contribution is -0.122. The number of hydrogen-bond acceptors (Lipinski definition) is 5. The third kappa shape index (κ3) is 2.03. The van der Waals surface area contributed by atoms with Crippen molar-refractivity contribution in [3.63, 3.8) is 0 Å². The molecule has 4 rings (SSSR count). The van der Waals surface area contributed by atoms with E-state index in [1.165, 1.54) is 12.8 Å². The zero-order valence-electron chi connectivity index (χ0n) is 12.9. The molecule has 1 aliphatic heterocycles. The number of piperazine rings is 1. The van der Waals surface area contributed by atoms with Gasteiger partial charge in [-0.25, -0.2) is 9.97 Å². The van der Waals surface area contributed by atoms with E-state index in [0.29, 0.717) is 18.4 Å². The highest BCUT2D eigenvalue weighted by atomic mass is 16.2. The van der Waals surface area contributed by atoms with Crippen LogP contribution < -0.4 is 10.2 Å². The van der Waals surface area contributed by atoms with Crippen molar-refractivity contribution in [3.05, 3.63) is 12.0 Å². The summed E-state index contributed by atoms with van der Waals surface area (Å²) in [6, 6.07) is 0.557. The van der Waals surface area contributed by atoms with Crippen LogP contribution in [0.3, 0.4) is 0 Å². The summed E-state index contributed by atoms with van der Waals surface area (Å²) >= 11 is 0. The molecule has 3 heterocycles. The number of rotatable bonds is 1. The third-order valence-electron chi connectivity index (χ3n) is 4.75. The van der Waals surface area contributed by atoms with Crippen molar-refractivity contribution >= 4 is 22.8 Å². The van der Waals surface area contributed by atoms with Crippen molar-refractivity contribution in [1.29, 1.82) is 0 Å². The number of carbonyl (C=O) groups excluding carboxylic acids is 1. The molecule has 0 aromatic carbocycles. The number of fused-ring (bicyclic) bond motifs is 2. The van der Waals surface area contributed by atoms with E-state index in [2.05, 4.69) is 25.3 Å². The maximum atomic E-state index is 12.1. The van der Waals surface area contributed by atoms with Gasteiger partial charge in [0.1, 0.15) is 11.6 Å². The minimum absolute atomic E-state index is 0.0801. The number of nitrogens with one attached hydrogen (secondary N) is 1. The molecule has 7 heteroatoms. The Morgan fingerprint density at radius 2 is 2.09 bits per heavy atom. The Balaban J connectivity index is 1.84. The Kier molecular flexibility index (Phi) is 3.02. The molecule has 2 aromatic rings. The largest absolute Gasteiger partial charge is 0.350 e. The predicted molar refractivity (Wildman–Crippen MR) is 82.6 cm³/mol. The zero-order chi connectivity index (χ0) is 15.3. The Morgan fingerprint density at radius 1 is 1.27 bits per heavy atom. The van der Waals surface area contributed by atoms with Crippen LogP contribution in [0.5, 0.6) is 0 Å². The molecule has 22 heavy (non-hydrogen) atoms. The minimum Gasteiger partial charge on any atom is -0.350 e. The molecule has 116 valence electrons. The summed E-state index contributed by atoms with van der Waals surface area (Å²) in [6.07, 6.45) is 6.32. The van der Waals surface area contributed by atoms with Crippen molar-refractivity contribution in [3.8, 4) is 0 Å². The van der Waals surface area contributed by atoms with Gasteiger partial charge in [0.2, 0.25) is 5.91 Å². The Hall–Kier alpha value is -2.18. The number of nitrogens with zero attached hydrogens (tertiary/aromatic N) is 5. The lowest BCUT2D eigenvalue weighted by Gasteiger charge is -2.44. The van der Waals surface area contributed by atoms with Gasteiger partial charge in [-0.3, -0.25) is 9.48 Å². The molecule has 1 aliphatic carbocycles. The van der Waals surface area contributed by atoms with Crippen LogP contribution in [0, 0.1) is 6.92 Å². The fraction of sp³-hybridized carbons (Fsp3) is 0.600. The average molecular weight is 300 g/mol. The monoisotopic (exact) mass is 300 g/mol. The van der Waals surface area contributed by atoms with E-state index in [1.807, 2.05) is 14.0 Å². The first kappa shape index (κ1) is 13.5. The van der Waals surface area contributed by atoms with Crippen molar-refractivity contribution < 1.29 is 4.79 Å². The molecule has 1 saturated carbocycles. The van der Waals surface area contributed by atoms with Gasteiger partial charge in [0.05, 0.1) is 24.2 Å². The van der Waals surface area contributed by atoms with Gasteiger partial charge in [-0.05, 0) is 19.8 Å². The number of aryl methyl sites for hydroxylation is 2. The van der Waals surface area contributed by atoms with E-state index in [0.717, 1.165) is 29.7 Å². The summed E-state index contributed by atoms with van der Waals surface area (Å²) in [4.78, 5) is 23.4. The number of carbonyl (C=O) groups is 1. The number of amides is 1. The van der Waals surface area contributed by atoms with Crippen LogP contribution in [0.25, 0.3) is 11.0 Å². The highest BCUT2D eigenvalue weighted by molar-refractivity contribution is 5.91. The summed E-state index contributed by atoms with van der Waals surface area (Å²) in [5, 5.41) is 8.37. The van der Waals surface area contributed by atoms with Gasteiger partial charge >= 0.3 is 0 Å². The lowest BCUT2D eigenvalue weighted by atomic mass is 9.87. The van der Waals surface area contributed by atoms with Crippen LogP contribution in [0.2, 0.25) is 0 Å². The van der Waals surface area contributed by atoms with Crippen LogP contribution in [-0.4, -0.2) is 44.3 Å².